The summed E-state index contributed by atoms with van der Waals surface area (Å²) in [5, 5.41) is 20.2. The maximum atomic E-state index is 10.5. The highest BCUT2D eigenvalue weighted by Gasteiger charge is 2.35. The first-order valence-electron chi connectivity index (χ1n) is 3.42. The second-order valence-corrected chi connectivity index (χ2v) is 2.59. The summed E-state index contributed by atoms with van der Waals surface area (Å²) in [6.07, 6.45) is -2.43. The first-order chi connectivity index (χ1) is 5.86. The molecule has 0 aromatic rings. The number of nitrogens with two attached hydrogens (primary N) is 1. The zero-order valence-electron chi connectivity index (χ0n) is 6.87. The molecule has 0 heterocycles. The Morgan fingerprint density at radius 3 is 2.00 bits per heavy atom. The van der Waals surface area contributed by atoms with Crippen molar-refractivity contribution in [2.24, 2.45) is 11.7 Å². The fourth-order valence-corrected chi connectivity index (χ4v) is 0.681. The zero-order valence-corrected chi connectivity index (χ0v) is 6.87. The highest BCUT2D eigenvalue weighted by atomic mass is 16.7. The van der Waals surface area contributed by atoms with Gasteiger partial charge in [0.2, 0.25) is 5.91 Å². The van der Waals surface area contributed by atoms with Crippen LogP contribution in [0.25, 0.3) is 0 Å². The summed E-state index contributed by atoms with van der Waals surface area (Å²) in [6, 6.07) is 0. The van der Waals surface area contributed by atoms with Gasteiger partial charge in [-0.3, -0.25) is 25.0 Å². The van der Waals surface area contributed by atoms with E-state index in [9.17, 15) is 25.0 Å². The molecule has 0 rings (SSSR count). The van der Waals surface area contributed by atoms with Crippen LogP contribution in [-0.2, 0) is 4.79 Å². The number of rotatable bonds is 5. The van der Waals surface area contributed by atoms with Gasteiger partial charge < -0.3 is 5.73 Å². The van der Waals surface area contributed by atoms with Crippen molar-refractivity contribution in [3.05, 3.63) is 20.2 Å². The molecule has 0 aliphatic heterocycles. The van der Waals surface area contributed by atoms with Gasteiger partial charge in [0.05, 0.1) is 16.3 Å². The molecule has 0 radical (unpaired) electrons. The summed E-state index contributed by atoms with van der Waals surface area (Å²) in [5.41, 5.74) is 4.80. The van der Waals surface area contributed by atoms with Crippen molar-refractivity contribution in [3.63, 3.8) is 0 Å². The smallest absolute Gasteiger partial charge is 0.369 e. The maximum absolute atomic E-state index is 10.5. The first kappa shape index (κ1) is 11.3. The van der Waals surface area contributed by atoms with Gasteiger partial charge >= 0.3 is 6.17 Å². The minimum Gasteiger partial charge on any atom is -0.369 e. The van der Waals surface area contributed by atoms with E-state index < -0.39 is 34.3 Å². The molecular formula is C5H9N3O5. The Hall–Kier alpha value is -1.73. The highest BCUT2D eigenvalue weighted by Crippen LogP contribution is 2.08. The van der Waals surface area contributed by atoms with Crippen molar-refractivity contribution in [2.45, 2.75) is 19.5 Å². The van der Waals surface area contributed by atoms with Crippen molar-refractivity contribution in [2.75, 3.05) is 0 Å². The third kappa shape index (κ3) is 3.45. The van der Waals surface area contributed by atoms with Crippen molar-refractivity contribution >= 4 is 5.91 Å². The molecule has 8 nitrogen and oxygen atoms in total. The number of nitro groups is 2. The molecule has 0 aliphatic carbocycles. The predicted molar refractivity (Wildman–Crippen MR) is 40.8 cm³/mol. The summed E-state index contributed by atoms with van der Waals surface area (Å²) in [4.78, 5) is 28.6. The Balaban J connectivity index is 4.35. The quantitative estimate of drug-likeness (QED) is 0.351. The van der Waals surface area contributed by atoms with Gasteiger partial charge in [-0.05, 0) is 0 Å². The van der Waals surface area contributed by atoms with Crippen LogP contribution in [0, 0.1) is 26.1 Å². The van der Waals surface area contributed by atoms with Crippen LogP contribution >= 0.6 is 0 Å². The van der Waals surface area contributed by atoms with Crippen LogP contribution in [-0.4, -0.2) is 21.9 Å². The number of carbonyl (C=O) groups excluding carboxylic acids is 1. The maximum Gasteiger partial charge on any atom is 0.451 e. The number of carbonyl (C=O) groups is 1. The third-order valence-corrected chi connectivity index (χ3v) is 1.54. The van der Waals surface area contributed by atoms with E-state index in [0.29, 0.717) is 0 Å². The lowest BCUT2D eigenvalue weighted by atomic mass is 10.1. The van der Waals surface area contributed by atoms with Gasteiger partial charge in [0.15, 0.2) is 0 Å². The van der Waals surface area contributed by atoms with E-state index in [2.05, 4.69) is 0 Å². The summed E-state index contributed by atoms with van der Waals surface area (Å²) < 4.78 is 0. The van der Waals surface area contributed by atoms with E-state index in [1.807, 2.05) is 0 Å². The molecule has 0 bridgehead atoms. The minimum absolute atomic E-state index is 0.477. The molecule has 0 aliphatic rings. The zero-order chi connectivity index (χ0) is 10.6. The molecule has 13 heavy (non-hydrogen) atoms. The fourth-order valence-electron chi connectivity index (χ4n) is 0.681. The second-order valence-electron chi connectivity index (χ2n) is 2.59. The molecule has 0 aromatic heterocycles. The van der Waals surface area contributed by atoms with Crippen LogP contribution in [0.15, 0.2) is 0 Å². The van der Waals surface area contributed by atoms with Crippen molar-refractivity contribution < 1.29 is 14.6 Å². The van der Waals surface area contributed by atoms with E-state index in [4.69, 9.17) is 5.73 Å². The molecule has 0 saturated carbocycles. The summed E-state index contributed by atoms with van der Waals surface area (Å²) in [6.45, 7) is 1.31. The first-order valence-corrected chi connectivity index (χ1v) is 3.42. The Bertz CT molecular complexity index is 226. The lowest BCUT2D eigenvalue weighted by molar-refractivity contribution is -0.743. The lowest BCUT2D eigenvalue weighted by Crippen LogP contribution is -2.34. The lowest BCUT2D eigenvalue weighted by Gasteiger charge is -2.05. The van der Waals surface area contributed by atoms with Crippen LogP contribution in [0.4, 0.5) is 0 Å². The van der Waals surface area contributed by atoms with Crippen LogP contribution in [0.3, 0.4) is 0 Å². The Kier molecular flexibility index (Phi) is 3.76. The van der Waals surface area contributed by atoms with Crippen LogP contribution in [0.5, 0.6) is 0 Å². The monoisotopic (exact) mass is 191 g/mol. The normalized spacial score (nSPS) is 12.5. The van der Waals surface area contributed by atoms with Gasteiger partial charge in [0.1, 0.15) is 0 Å². The molecule has 0 spiro atoms. The standard InChI is InChI=1S/C5H9N3O5/c1-3(5(6)9)2-4(7(10)11)8(12)13/h3-4H,2H2,1H3,(H2,6,9). The molecule has 8 heteroatoms. The molecule has 1 amide bonds. The molecule has 2 N–H and O–H groups in total. The molecule has 0 aromatic carbocycles. The van der Waals surface area contributed by atoms with Crippen LogP contribution in [0.2, 0.25) is 0 Å². The molecule has 1 unspecified atom stereocenters. The number of hydrogen-bond acceptors (Lipinski definition) is 5. The largest absolute Gasteiger partial charge is 0.451 e. The number of nitrogens with zero attached hydrogens (tertiary/aromatic N) is 2. The van der Waals surface area contributed by atoms with Gasteiger partial charge in [-0.1, -0.05) is 6.92 Å². The van der Waals surface area contributed by atoms with Gasteiger partial charge in [-0.25, -0.2) is 0 Å². The Labute approximate surface area is 73.0 Å². The van der Waals surface area contributed by atoms with E-state index in [1.54, 1.807) is 0 Å². The Morgan fingerprint density at radius 2 is 1.77 bits per heavy atom. The summed E-state index contributed by atoms with van der Waals surface area (Å²) >= 11 is 0. The number of primary amides is 1. The van der Waals surface area contributed by atoms with E-state index in [1.165, 1.54) is 6.92 Å². The SMILES string of the molecule is CC(CC([N+](=O)[O-])[N+](=O)[O-])C(N)=O. The summed E-state index contributed by atoms with van der Waals surface area (Å²) in [7, 11) is 0. The predicted octanol–water partition coefficient (Wildman–Crippen LogP) is -0.623. The van der Waals surface area contributed by atoms with Gasteiger partial charge in [0, 0.05) is 5.92 Å². The minimum atomic E-state index is -1.96. The summed E-state index contributed by atoms with van der Waals surface area (Å²) in [5.74, 6) is -1.66. The van der Waals surface area contributed by atoms with Crippen molar-refractivity contribution in [3.8, 4) is 0 Å². The average molecular weight is 191 g/mol. The van der Waals surface area contributed by atoms with Gasteiger partial charge in [-0.15, -0.1) is 0 Å². The molecule has 0 saturated heterocycles. The molecule has 0 fully saturated rings. The third-order valence-electron chi connectivity index (χ3n) is 1.54. The van der Waals surface area contributed by atoms with Gasteiger partial charge in [-0.2, -0.15) is 0 Å². The average Bonchev–Trinajstić information content (AvgIpc) is 1.97. The van der Waals surface area contributed by atoms with Gasteiger partial charge in [0.25, 0.3) is 0 Å². The van der Waals surface area contributed by atoms with E-state index in [0.717, 1.165) is 0 Å². The van der Waals surface area contributed by atoms with Crippen LogP contribution in [0.1, 0.15) is 13.3 Å². The molecule has 1 atom stereocenters. The topological polar surface area (TPSA) is 129 Å². The number of amides is 1. The van der Waals surface area contributed by atoms with E-state index >= 15 is 0 Å². The number of hydrogen-bond donors (Lipinski definition) is 1. The highest BCUT2D eigenvalue weighted by molar-refractivity contribution is 5.76. The van der Waals surface area contributed by atoms with Crippen LogP contribution < -0.4 is 5.73 Å². The fraction of sp³-hybridized carbons (Fsp3) is 0.800. The molecular weight excluding hydrogens is 182 g/mol. The second kappa shape index (κ2) is 4.33. The Morgan fingerprint density at radius 1 is 1.38 bits per heavy atom. The van der Waals surface area contributed by atoms with E-state index in [-0.39, 0.29) is 0 Å². The van der Waals surface area contributed by atoms with Crippen molar-refractivity contribution in [1.82, 2.24) is 0 Å². The van der Waals surface area contributed by atoms with Crippen molar-refractivity contribution in [1.29, 1.82) is 0 Å². The molecule has 74 valence electrons.